The number of primary amides is 1. The molecule has 0 bridgehead atoms. The second-order valence-electron chi connectivity index (χ2n) is 1.29. The summed E-state index contributed by atoms with van der Waals surface area (Å²) < 4.78 is 24.2. The fraction of sp³-hybridized carbons (Fsp3) is 0.500. The van der Waals surface area contributed by atoms with Crippen LogP contribution in [0.1, 0.15) is 1.43 Å². The number of hydrogen-bond acceptors (Lipinski definition) is 6. The van der Waals surface area contributed by atoms with Crippen LogP contribution in [-0.2, 0) is 14.5 Å². The third-order valence-electron chi connectivity index (χ3n) is 0.685. The molecular formula is C2H6N3NaO5S. The third-order valence-corrected chi connectivity index (χ3v) is 1.78. The minimum absolute atomic E-state index is 0. The largest absolute Gasteiger partial charge is 1.00 e. The first-order valence-corrected chi connectivity index (χ1v) is 3.55. The van der Waals surface area contributed by atoms with E-state index >= 15 is 0 Å². The van der Waals surface area contributed by atoms with E-state index in [1.165, 1.54) is 0 Å². The Balaban J connectivity index is -0.000000500. The summed E-state index contributed by atoms with van der Waals surface area (Å²) in [4.78, 5) is 19.8. The maximum atomic E-state index is 10.5. The van der Waals surface area contributed by atoms with E-state index in [2.05, 4.69) is 9.92 Å². The minimum atomic E-state index is -4.43. The molecule has 0 heterocycles. The quantitative estimate of drug-likeness (QED) is 0.288. The van der Waals surface area contributed by atoms with Crippen molar-refractivity contribution in [1.82, 2.24) is 4.41 Å². The van der Waals surface area contributed by atoms with Crippen LogP contribution in [-0.4, -0.2) is 26.0 Å². The van der Waals surface area contributed by atoms with Crippen molar-refractivity contribution in [2.75, 3.05) is 7.11 Å². The summed E-state index contributed by atoms with van der Waals surface area (Å²) in [7, 11) is -3.67. The SMILES string of the molecule is COS(=O)(=O)N(N=O)C(N)=O.[H-].[Na+]. The van der Waals surface area contributed by atoms with Crippen LogP contribution in [0.4, 0.5) is 4.79 Å². The van der Waals surface area contributed by atoms with E-state index in [9.17, 15) is 18.1 Å². The Kier molecular flexibility index (Phi) is 6.48. The Bertz CT molecular complexity index is 267. The molecule has 2 amide bonds. The predicted molar refractivity (Wildman–Crippen MR) is 34.3 cm³/mol. The van der Waals surface area contributed by atoms with Crippen LogP contribution < -0.4 is 35.3 Å². The number of amides is 2. The number of carbonyl (C=O) groups is 1. The first kappa shape index (κ1) is 14.3. The number of carbonyl (C=O) groups excluding carboxylic acids is 1. The summed E-state index contributed by atoms with van der Waals surface area (Å²) in [5.74, 6) is 0. The van der Waals surface area contributed by atoms with E-state index in [1.807, 2.05) is 5.29 Å². The Hall–Kier alpha value is -0.220. The molecule has 2 N–H and O–H groups in total. The molecule has 8 nitrogen and oxygen atoms in total. The van der Waals surface area contributed by atoms with Gasteiger partial charge < -0.3 is 7.16 Å². The van der Waals surface area contributed by atoms with E-state index < -0.39 is 20.7 Å². The van der Waals surface area contributed by atoms with Crippen molar-refractivity contribution in [3.05, 3.63) is 4.91 Å². The Labute approximate surface area is 92.0 Å². The van der Waals surface area contributed by atoms with Gasteiger partial charge in [0, 0.05) is 0 Å². The van der Waals surface area contributed by atoms with Gasteiger partial charge in [-0.2, -0.15) is 8.42 Å². The number of nitrogens with two attached hydrogens (primary N) is 1. The van der Waals surface area contributed by atoms with Gasteiger partial charge in [0.2, 0.25) is 0 Å². The summed E-state index contributed by atoms with van der Waals surface area (Å²) in [6.07, 6.45) is 0. The van der Waals surface area contributed by atoms with Crippen molar-refractivity contribution in [2.45, 2.75) is 0 Å². The predicted octanol–water partition coefficient (Wildman–Crippen LogP) is -3.94. The Morgan fingerprint density at radius 3 is 2.17 bits per heavy atom. The molecule has 12 heavy (non-hydrogen) atoms. The van der Waals surface area contributed by atoms with Crippen molar-refractivity contribution >= 4 is 16.3 Å². The molecule has 0 aliphatic rings. The maximum absolute atomic E-state index is 10.5. The van der Waals surface area contributed by atoms with Gasteiger partial charge in [-0.3, -0.25) is 4.18 Å². The van der Waals surface area contributed by atoms with E-state index in [4.69, 9.17) is 0 Å². The van der Waals surface area contributed by atoms with Crippen LogP contribution in [0.5, 0.6) is 0 Å². The van der Waals surface area contributed by atoms with Crippen LogP contribution in [0.3, 0.4) is 0 Å². The molecule has 0 atom stereocenters. The number of nitrogens with zero attached hydrogens (tertiary/aromatic N) is 2. The third kappa shape index (κ3) is 3.45. The molecule has 0 saturated carbocycles. The van der Waals surface area contributed by atoms with Crippen molar-refractivity contribution in [3.8, 4) is 0 Å². The molecule has 0 fully saturated rings. The van der Waals surface area contributed by atoms with Gasteiger partial charge in [-0.05, 0) is 4.41 Å². The normalized spacial score (nSPS) is 9.75. The summed E-state index contributed by atoms with van der Waals surface area (Å²) in [6, 6.07) is -1.53. The average molecular weight is 207 g/mol. The van der Waals surface area contributed by atoms with Crippen LogP contribution >= 0.6 is 0 Å². The van der Waals surface area contributed by atoms with E-state index in [0.717, 1.165) is 7.11 Å². The molecule has 0 aromatic heterocycles. The monoisotopic (exact) mass is 207 g/mol. The van der Waals surface area contributed by atoms with Gasteiger partial charge in [0.15, 0.2) is 0 Å². The minimum Gasteiger partial charge on any atom is -1.00 e. The Morgan fingerprint density at radius 1 is 1.67 bits per heavy atom. The number of hydrogen-bond donors (Lipinski definition) is 1. The average Bonchev–Trinajstić information content (AvgIpc) is 1.88. The van der Waals surface area contributed by atoms with E-state index in [1.54, 1.807) is 0 Å². The van der Waals surface area contributed by atoms with Gasteiger partial charge in [0.25, 0.3) is 0 Å². The maximum Gasteiger partial charge on any atom is 1.00 e. The molecule has 66 valence electrons. The van der Waals surface area contributed by atoms with E-state index in [-0.39, 0.29) is 31.0 Å². The second kappa shape index (κ2) is 5.43. The van der Waals surface area contributed by atoms with Crippen LogP contribution in [0.15, 0.2) is 5.29 Å². The molecular weight excluding hydrogens is 201 g/mol. The first-order valence-electron chi connectivity index (χ1n) is 2.19. The molecule has 0 aliphatic carbocycles. The smallest absolute Gasteiger partial charge is 1.00 e. The van der Waals surface area contributed by atoms with Crippen molar-refractivity contribution in [2.24, 2.45) is 11.0 Å². The van der Waals surface area contributed by atoms with Gasteiger partial charge >= 0.3 is 45.9 Å². The number of nitroso groups, excluding NO2 is 1. The topological polar surface area (TPSA) is 119 Å². The van der Waals surface area contributed by atoms with Crippen molar-refractivity contribution in [1.29, 1.82) is 0 Å². The molecule has 0 rings (SSSR count). The van der Waals surface area contributed by atoms with Gasteiger partial charge in [0.05, 0.1) is 12.4 Å². The molecule has 0 aromatic rings. The summed E-state index contributed by atoms with van der Waals surface area (Å²) in [5, 5.41) is 1.83. The first-order chi connectivity index (χ1) is 4.95. The van der Waals surface area contributed by atoms with E-state index in [0.29, 0.717) is 0 Å². The molecule has 0 aliphatic heterocycles. The zero-order valence-electron chi connectivity index (χ0n) is 7.42. The van der Waals surface area contributed by atoms with Crippen LogP contribution in [0.2, 0.25) is 0 Å². The van der Waals surface area contributed by atoms with Crippen molar-refractivity contribution in [3.63, 3.8) is 0 Å². The van der Waals surface area contributed by atoms with Crippen molar-refractivity contribution < 1.29 is 48.4 Å². The van der Waals surface area contributed by atoms with Gasteiger partial charge in [-0.1, -0.05) is 0 Å². The zero-order chi connectivity index (χ0) is 9.07. The van der Waals surface area contributed by atoms with Gasteiger partial charge in [-0.25, -0.2) is 4.79 Å². The molecule has 0 aromatic carbocycles. The fourth-order valence-corrected chi connectivity index (χ4v) is 0.705. The number of rotatable bonds is 3. The zero-order valence-corrected chi connectivity index (χ0v) is 9.24. The Morgan fingerprint density at radius 2 is 2.08 bits per heavy atom. The van der Waals surface area contributed by atoms with Gasteiger partial charge in [-0.15, -0.1) is 4.91 Å². The number of urea groups is 1. The summed E-state index contributed by atoms with van der Waals surface area (Å²) in [6.45, 7) is 0. The standard InChI is InChI=1S/C2H5N3O5S.Na.H/c1-10-11(8,9)5(4-7)2(3)6;;/h1H3,(H2,3,6);;/q;+1;-1. The molecule has 10 heteroatoms. The molecule has 0 saturated heterocycles. The fourth-order valence-electron chi connectivity index (χ4n) is 0.262. The second-order valence-corrected chi connectivity index (χ2v) is 2.82. The van der Waals surface area contributed by atoms with Crippen LogP contribution in [0.25, 0.3) is 0 Å². The molecule has 0 spiro atoms. The van der Waals surface area contributed by atoms with Gasteiger partial charge in [0.1, 0.15) is 0 Å². The molecule has 0 unspecified atom stereocenters. The van der Waals surface area contributed by atoms with Crippen LogP contribution in [0, 0.1) is 4.91 Å². The summed E-state index contributed by atoms with van der Waals surface area (Å²) in [5.41, 5.74) is 4.44. The molecule has 0 radical (unpaired) electrons. The summed E-state index contributed by atoms with van der Waals surface area (Å²) >= 11 is 0.